The van der Waals surface area contributed by atoms with Crippen molar-refractivity contribution >= 4 is 296 Å². The highest BCUT2D eigenvalue weighted by Crippen LogP contribution is 2.86. The van der Waals surface area contributed by atoms with Crippen LogP contribution in [0, 0.1) is 0 Å². The Kier molecular flexibility index (Phi) is 2.00. The molecule has 0 saturated heterocycles. The van der Waals surface area contributed by atoms with Gasteiger partial charge in [0.1, 0.15) is 0 Å². The van der Waals surface area contributed by atoms with E-state index < -0.39 is 11.0 Å². The van der Waals surface area contributed by atoms with Crippen LogP contribution in [0.3, 0.4) is 0 Å². The van der Waals surface area contributed by atoms with Crippen LogP contribution in [0.1, 0.15) is 27.8 Å². The Morgan fingerprint density at radius 3 is 0.609 bits per heavy atom. The fourth-order valence-electron chi connectivity index (χ4n) is 25.0. The molecule has 0 aromatic heterocycles. The van der Waals surface area contributed by atoms with E-state index in [0.717, 1.165) is 0 Å². The molecule has 4 aliphatic carbocycles. The molecule has 0 N–H and O–H groups in total. The highest BCUT2D eigenvalue weighted by atomic mass is 16.5. The molecule has 0 bridgehead atoms. The first-order valence-corrected chi connectivity index (χ1v) is 25.6. The van der Waals surface area contributed by atoms with Gasteiger partial charge in [0.05, 0.1) is 11.7 Å². The van der Waals surface area contributed by atoms with Crippen LogP contribution < -0.4 is 0 Å². The molecule has 0 saturated carbocycles. The van der Waals surface area contributed by atoms with Gasteiger partial charge in [-0.2, -0.15) is 0 Å². The molecule has 34 rings (SSSR count). The molecule has 0 fully saturated rings. The molecule has 2 spiro atoms. The second-order valence-electron chi connectivity index (χ2n) is 25.2. The summed E-state index contributed by atoms with van der Waals surface area (Å²) in [5.41, 5.74) is 7.84. The summed E-state index contributed by atoms with van der Waals surface area (Å²) in [4.78, 5) is 0. The molecule has 29 aromatic carbocycles. The zero-order valence-electron chi connectivity index (χ0n) is 34.9. The van der Waals surface area contributed by atoms with E-state index in [1.807, 2.05) is 0 Å². The van der Waals surface area contributed by atoms with Gasteiger partial charge in [0.25, 0.3) is 0 Å². The van der Waals surface area contributed by atoms with Crippen molar-refractivity contribution < 1.29 is 4.74 Å². The van der Waals surface area contributed by atoms with Crippen molar-refractivity contribution in [1.82, 2.24) is 0 Å². The second-order valence-corrected chi connectivity index (χ2v) is 25.2. The summed E-state index contributed by atoms with van der Waals surface area (Å²) in [7, 11) is 0. The fourth-order valence-corrected chi connectivity index (χ4v) is 25.0. The molecule has 0 unspecified atom stereocenters. The number of benzene rings is 19. The van der Waals surface area contributed by atoms with Crippen LogP contribution in [0.2, 0.25) is 0 Å². The van der Waals surface area contributed by atoms with Gasteiger partial charge in [0.15, 0.2) is 5.60 Å². The Labute approximate surface area is 374 Å². The molecule has 0 radical (unpaired) electrons. The summed E-state index contributed by atoms with van der Waals surface area (Å²) in [6.07, 6.45) is 2.36. The highest BCUT2D eigenvalue weighted by molar-refractivity contribution is 6.82. The SMILES string of the molecule is C1=C(c2ccccc2)C23c4c5c6c7c8c9c(c%10c%11c2c2c4c4c%12c5c5c6c6c8c8c%13c9c9c%10c%10c%11c%11c2c2c4c4c%12c%12c5c5c6c8c6c8c%13c9c9c%10c%10c%11c2c2c4c4c%12c5c6c5c8c9c%10c2c45)C73O1. The Morgan fingerprint density at radius 2 is 0.391 bits per heavy atom. The van der Waals surface area contributed by atoms with Gasteiger partial charge in [0, 0.05) is 16.7 Å². The lowest BCUT2D eigenvalue weighted by molar-refractivity contribution is 0.0498. The van der Waals surface area contributed by atoms with Crippen LogP contribution in [0.5, 0.6) is 0 Å². The van der Waals surface area contributed by atoms with E-state index in [9.17, 15) is 0 Å². The standard InChI is InChI=1S/C68H6O/c1-2-4-7(5-3-1)8-6-69-68-65-59-53-43-31-23-15-11-9-10-13-17(15)25(31)35-29-21(13)22-14(10)18-16-12(9)20-19(11)27-33(23)41-47-37(27)38-28(20)34-24(16)32-26(18)36-30(22)40-39(29)51(45(35)53)61(65)62-52(40)46(36)54-44(32)50-42(34)48(38)56-55(47)63(57(59)49(41)43)67(8,68)64(56)58(50)60(54)66(62)68/h1-6H. The Hall–Kier alpha value is -8.78. The van der Waals surface area contributed by atoms with Crippen LogP contribution in [-0.2, 0) is 15.8 Å². The summed E-state index contributed by atoms with van der Waals surface area (Å²) < 4.78 is 8.34. The minimum Gasteiger partial charge on any atom is -0.483 e. The van der Waals surface area contributed by atoms with E-state index in [1.54, 1.807) is 313 Å². The van der Waals surface area contributed by atoms with Crippen molar-refractivity contribution in [1.29, 1.82) is 0 Å². The van der Waals surface area contributed by atoms with Crippen molar-refractivity contribution in [2.24, 2.45) is 0 Å². The average molecular weight is 839 g/mol. The Morgan fingerprint density at radius 1 is 0.203 bits per heavy atom. The van der Waals surface area contributed by atoms with Gasteiger partial charge in [-0.1, -0.05) is 30.3 Å². The number of ether oxygens (including phenoxy) is 1. The zero-order chi connectivity index (χ0) is 40.6. The average Bonchev–Trinajstić information content (AvgIpc) is 4.33. The van der Waals surface area contributed by atoms with Crippen molar-refractivity contribution in [3.63, 3.8) is 0 Å². The van der Waals surface area contributed by atoms with Gasteiger partial charge in [0.2, 0.25) is 0 Å². The third-order valence-electron chi connectivity index (χ3n) is 25.1. The van der Waals surface area contributed by atoms with Crippen molar-refractivity contribution in [2.45, 2.75) is 11.0 Å². The summed E-state index contributed by atoms with van der Waals surface area (Å²) in [6, 6.07) is 11.7. The predicted octanol–water partition coefficient (Wildman–Crippen LogP) is 18.3. The minimum atomic E-state index is -0.719. The zero-order valence-corrected chi connectivity index (χ0v) is 34.9. The number of hydrogen-bond acceptors (Lipinski definition) is 1. The molecule has 29 aromatic rings. The van der Waals surface area contributed by atoms with E-state index in [-0.39, 0.29) is 0 Å². The third-order valence-corrected chi connectivity index (χ3v) is 25.1. The third kappa shape index (κ3) is 1.29. The topological polar surface area (TPSA) is 9.23 Å². The summed E-state index contributed by atoms with van der Waals surface area (Å²) in [6.45, 7) is 0. The minimum absolute atomic E-state index is 0.542. The van der Waals surface area contributed by atoms with Crippen molar-refractivity contribution in [3.8, 4) is 0 Å². The van der Waals surface area contributed by atoms with Gasteiger partial charge in [-0.15, -0.1) is 0 Å². The van der Waals surface area contributed by atoms with Gasteiger partial charge in [-0.05, 0) is 308 Å². The van der Waals surface area contributed by atoms with E-state index in [2.05, 4.69) is 36.6 Å². The molecule has 0 atom stereocenters. The van der Waals surface area contributed by atoms with Crippen LogP contribution in [0.15, 0.2) is 36.6 Å². The van der Waals surface area contributed by atoms with Gasteiger partial charge in [-0.3, -0.25) is 0 Å². The summed E-state index contributed by atoms with van der Waals surface area (Å²) >= 11 is 0. The maximum absolute atomic E-state index is 8.34. The molecule has 1 nitrogen and oxygen atoms in total. The van der Waals surface area contributed by atoms with Crippen LogP contribution in [0.25, 0.3) is 296 Å². The molecule has 1 heteroatoms. The molecule has 5 aliphatic rings. The van der Waals surface area contributed by atoms with Crippen LogP contribution >= 0.6 is 0 Å². The first-order chi connectivity index (χ1) is 34.4. The largest absolute Gasteiger partial charge is 0.483 e. The predicted molar refractivity (Wildman–Crippen MR) is 289 cm³/mol. The first kappa shape index (κ1) is 24.8. The van der Waals surface area contributed by atoms with Gasteiger partial charge < -0.3 is 4.74 Å². The molecular formula is C68H6O. The van der Waals surface area contributed by atoms with E-state index in [1.165, 1.54) is 11.1 Å². The van der Waals surface area contributed by atoms with E-state index in [0.29, 0.717) is 0 Å². The highest BCUT2D eigenvalue weighted by Gasteiger charge is 2.74. The molecule has 69 heavy (non-hydrogen) atoms. The van der Waals surface area contributed by atoms with Gasteiger partial charge in [-0.25, -0.2) is 0 Å². The number of rotatable bonds is 1. The normalized spacial score (nSPS) is 22.5. The maximum atomic E-state index is 8.34. The lowest BCUT2D eigenvalue weighted by Gasteiger charge is -2.50. The van der Waals surface area contributed by atoms with Crippen molar-refractivity contribution in [2.75, 3.05) is 0 Å². The number of hydrogen-bond donors (Lipinski definition) is 0. The Bertz CT molecular complexity index is 7200. The van der Waals surface area contributed by atoms with Gasteiger partial charge >= 0.3 is 0 Å². The summed E-state index contributed by atoms with van der Waals surface area (Å²) in [5.74, 6) is 0. The second kappa shape index (κ2) is 5.55. The molecule has 284 valence electrons. The quantitative estimate of drug-likeness (QED) is 0.150. The first-order valence-electron chi connectivity index (χ1n) is 25.6. The lowest BCUT2D eigenvalue weighted by Crippen LogP contribution is -2.50. The monoisotopic (exact) mass is 838 g/mol. The molecule has 0 amide bonds. The Balaban J connectivity index is 1.20. The van der Waals surface area contributed by atoms with E-state index >= 15 is 0 Å². The molecule has 1 aliphatic heterocycles. The van der Waals surface area contributed by atoms with E-state index in [4.69, 9.17) is 4.74 Å². The summed E-state index contributed by atoms with van der Waals surface area (Å²) in [5, 5.41) is 87.8. The molecule has 1 heterocycles. The fraction of sp³-hybridized carbons (Fsp3) is 0.0294. The smallest absolute Gasteiger partial charge is 0.178 e. The molecular weight excluding hydrogens is 833 g/mol. The maximum Gasteiger partial charge on any atom is 0.178 e. The van der Waals surface area contributed by atoms with Crippen molar-refractivity contribution in [3.05, 3.63) is 64.4 Å². The lowest BCUT2D eigenvalue weighted by atomic mass is 9.52. The van der Waals surface area contributed by atoms with Crippen LogP contribution in [0.4, 0.5) is 0 Å². The van der Waals surface area contributed by atoms with Crippen LogP contribution in [-0.4, -0.2) is 0 Å².